The molecule has 1 saturated carbocycles. The number of benzene rings is 1. The Morgan fingerprint density at radius 3 is 2.53 bits per heavy atom. The SMILES string of the molecule is Cc1c(C(=O)Nc2cccc([S@](C)(=N)=O)c2)c(N2CCCC(F)(F)CC2)nc(C2CC2)c1C(F)(F)F. The zero-order chi connectivity index (χ0) is 26.5. The highest BCUT2D eigenvalue weighted by atomic mass is 32.2. The molecule has 0 spiro atoms. The molecule has 0 unspecified atom stereocenters. The van der Waals surface area contributed by atoms with E-state index in [2.05, 4.69) is 10.3 Å². The molecular formula is C24H27F5N4O2S. The number of halogens is 5. The number of anilines is 2. The van der Waals surface area contributed by atoms with Crippen molar-refractivity contribution in [3.05, 3.63) is 46.6 Å². The molecule has 1 saturated heterocycles. The molecule has 2 N–H and O–H groups in total. The van der Waals surface area contributed by atoms with Gasteiger partial charge >= 0.3 is 6.18 Å². The number of hydrogen-bond acceptors (Lipinski definition) is 5. The minimum absolute atomic E-state index is 0.0338. The molecule has 2 fully saturated rings. The third-order valence-corrected chi connectivity index (χ3v) is 7.64. The Kier molecular flexibility index (Phi) is 6.78. The standard InChI is InChI=1S/C24H27F5N4O2S/c1-14-18(22(34)31-16-5-3-6-17(13-16)36(2,30)35)21(33-11-4-9-23(25,26)10-12-33)32-20(15-7-8-15)19(14)24(27,28)29/h3,5-6,13,15,30H,4,7-12H2,1-2H3,(H,31,34)/t36-/m1/s1. The fraction of sp³-hybridized carbons (Fsp3) is 0.500. The van der Waals surface area contributed by atoms with Gasteiger partial charge in [-0.15, -0.1) is 0 Å². The van der Waals surface area contributed by atoms with Crippen LogP contribution in [0.4, 0.5) is 33.5 Å². The summed E-state index contributed by atoms with van der Waals surface area (Å²) in [5.74, 6) is -4.21. The smallest absolute Gasteiger partial charge is 0.356 e. The van der Waals surface area contributed by atoms with Crippen molar-refractivity contribution in [3.63, 3.8) is 0 Å². The predicted molar refractivity (Wildman–Crippen MR) is 126 cm³/mol. The summed E-state index contributed by atoms with van der Waals surface area (Å²) in [6, 6.07) is 5.71. The Balaban J connectivity index is 1.83. The first-order valence-corrected chi connectivity index (χ1v) is 13.5. The fourth-order valence-corrected chi connectivity index (χ4v) is 5.20. The summed E-state index contributed by atoms with van der Waals surface area (Å²) in [5.41, 5.74) is -1.60. The second-order valence-corrected chi connectivity index (χ2v) is 11.6. The molecule has 1 amide bonds. The van der Waals surface area contributed by atoms with E-state index in [1.165, 1.54) is 42.3 Å². The third kappa shape index (κ3) is 5.63. The molecule has 2 heterocycles. The Morgan fingerprint density at radius 2 is 1.92 bits per heavy atom. The second kappa shape index (κ2) is 9.28. The number of carbonyl (C=O) groups is 1. The number of carbonyl (C=O) groups excluding carboxylic acids is 1. The lowest BCUT2D eigenvalue weighted by atomic mass is 9.97. The minimum Gasteiger partial charge on any atom is -0.356 e. The molecule has 2 aromatic rings. The van der Waals surface area contributed by atoms with Crippen molar-refractivity contribution in [2.45, 2.75) is 61.9 Å². The first-order valence-electron chi connectivity index (χ1n) is 11.6. The number of nitrogens with zero attached hydrogens (tertiary/aromatic N) is 2. The lowest BCUT2D eigenvalue weighted by Gasteiger charge is -2.28. The van der Waals surface area contributed by atoms with Gasteiger partial charge in [-0.2, -0.15) is 13.2 Å². The summed E-state index contributed by atoms with van der Waals surface area (Å²) in [6.07, 6.45) is -3.22. The molecule has 36 heavy (non-hydrogen) atoms. The van der Waals surface area contributed by atoms with E-state index in [9.17, 15) is 31.0 Å². The Labute approximate surface area is 206 Å². The predicted octanol–water partition coefficient (Wildman–Crippen LogP) is 6.20. The zero-order valence-electron chi connectivity index (χ0n) is 19.8. The van der Waals surface area contributed by atoms with Crippen LogP contribution in [0.3, 0.4) is 0 Å². The van der Waals surface area contributed by atoms with Crippen molar-refractivity contribution in [3.8, 4) is 0 Å². The highest BCUT2D eigenvalue weighted by Gasteiger charge is 2.44. The van der Waals surface area contributed by atoms with Crippen LogP contribution in [0.2, 0.25) is 0 Å². The Bertz CT molecular complexity index is 1290. The van der Waals surface area contributed by atoms with Crippen LogP contribution in [-0.4, -0.2) is 40.4 Å². The van der Waals surface area contributed by atoms with Crippen molar-refractivity contribution >= 4 is 27.1 Å². The summed E-state index contributed by atoms with van der Waals surface area (Å²) in [6.45, 7) is 1.19. The highest BCUT2D eigenvalue weighted by molar-refractivity contribution is 7.91. The molecule has 4 rings (SSSR count). The first-order chi connectivity index (χ1) is 16.7. The van der Waals surface area contributed by atoms with Gasteiger partial charge in [0.2, 0.25) is 5.92 Å². The number of pyridine rings is 1. The number of alkyl halides is 5. The van der Waals surface area contributed by atoms with E-state index >= 15 is 0 Å². The van der Waals surface area contributed by atoms with Crippen LogP contribution in [0.5, 0.6) is 0 Å². The Hall–Kier alpha value is -2.76. The van der Waals surface area contributed by atoms with Crippen LogP contribution >= 0.6 is 0 Å². The maximum absolute atomic E-state index is 14.2. The molecule has 1 aliphatic heterocycles. The van der Waals surface area contributed by atoms with E-state index in [1.807, 2.05) is 0 Å². The summed E-state index contributed by atoms with van der Waals surface area (Å²) < 4.78 is 90.4. The molecule has 0 radical (unpaired) electrons. The molecule has 12 heteroatoms. The molecule has 1 aromatic heterocycles. The van der Waals surface area contributed by atoms with Crippen molar-refractivity contribution in [1.82, 2.24) is 4.98 Å². The van der Waals surface area contributed by atoms with Crippen LogP contribution in [0.15, 0.2) is 29.2 Å². The summed E-state index contributed by atoms with van der Waals surface area (Å²) in [5, 5.41) is 2.54. The van der Waals surface area contributed by atoms with Crippen LogP contribution in [0.1, 0.15) is 65.2 Å². The molecule has 2 aliphatic rings. The number of aromatic nitrogens is 1. The van der Waals surface area contributed by atoms with E-state index in [0.29, 0.717) is 12.8 Å². The molecule has 1 aromatic carbocycles. The van der Waals surface area contributed by atoms with E-state index < -0.39 is 45.6 Å². The summed E-state index contributed by atoms with van der Waals surface area (Å²) in [7, 11) is -3.10. The van der Waals surface area contributed by atoms with Gasteiger partial charge in [-0.25, -0.2) is 22.8 Å². The van der Waals surface area contributed by atoms with Crippen molar-refractivity contribution in [2.75, 3.05) is 29.6 Å². The summed E-state index contributed by atoms with van der Waals surface area (Å²) in [4.78, 5) is 19.4. The van der Waals surface area contributed by atoms with Gasteiger partial charge in [0.15, 0.2) is 0 Å². The molecule has 0 bridgehead atoms. The molecule has 1 aliphatic carbocycles. The average molecular weight is 531 g/mol. The zero-order valence-corrected chi connectivity index (χ0v) is 20.7. The van der Waals surface area contributed by atoms with E-state index in [0.717, 1.165) is 0 Å². The quantitative estimate of drug-likeness (QED) is 0.451. The van der Waals surface area contributed by atoms with Crippen LogP contribution in [0.25, 0.3) is 0 Å². The topological polar surface area (TPSA) is 86.2 Å². The van der Waals surface area contributed by atoms with Gasteiger partial charge in [0.25, 0.3) is 5.91 Å². The van der Waals surface area contributed by atoms with E-state index in [-0.39, 0.29) is 59.2 Å². The van der Waals surface area contributed by atoms with Gasteiger partial charge in [0, 0.05) is 48.7 Å². The molecule has 196 valence electrons. The van der Waals surface area contributed by atoms with Gasteiger partial charge in [0.05, 0.1) is 26.5 Å². The lowest BCUT2D eigenvalue weighted by molar-refractivity contribution is -0.139. The fourth-order valence-electron chi connectivity index (χ4n) is 4.51. The van der Waals surface area contributed by atoms with Crippen LogP contribution in [-0.2, 0) is 15.9 Å². The summed E-state index contributed by atoms with van der Waals surface area (Å²) >= 11 is 0. The van der Waals surface area contributed by atoms with Gasteiger partial charge in [-0.3, -0.25) is 4.79 Å². The molecule has 1 atom stereocenters. The number of nitrogens with one attached hydrogen (secondary N) is 2. The second-order valence-electron chi connectivity index (χ2n) is 9.49. The van der Waals surface area contributed by atoms with Gasteiger partial charge < -0.3 is 10.2 Å². The first kappa shape index (κ1) is 26.3. The number of hydrogen-bond donors (Lipinski definition) is 2. The number of rotatable bonds is 5. The van der Waals surface area contributed by atoms with Crippen molar-refractivity contribution < 1.29 is 31.0 Å². The lowest BCUT2D eigenvalue weighted by Crippen LogP contribution is -2.31. The highest BCUT2D eigenvalue weighted by Crippen LogP contribution is 2.48. The van der Waals surface area contributed by atoms with E-state index in [1.54, 1.807) is 0 Å². The van der Waals surface area contributed by atoms with Crippen LogP contribution in [0, 0.1) is 11.7 Å². The van der Waals surface area contributed by atoms with Crippen LogP contribution < -0.4 is 10.2 Å². The largest absolute Gasteiger partial charge is 0.418 e. The minimum atomic E-state index is -4.76. The molecular weight excluding hydrogens is 503 g/mol. The van der Waals surface area contributed by atoms with Crippen molar-refractivity contribution in [1.29, 1.82) is 4.78 Å². The Morgan fingerprint density at radius 1 is 1.22 bits per heavy atom. The number of amides is 1. The average Bonchev–Trinajstić information content (AvgIpc) is 3.60. The van der Waals surface area contributed by atoms with Gasteiger partial charge in [0.1, 0.15) is 5.82 Å². The maximum atomic E-state index is 14.2. The molecule has 6 nitrogen and oxygen atoms in total. The van der Waals surface area contributed by atoms with Gasteiger partial charge in [-0.1, -0.05) is 6.07 Å². The third-order valence-electron chi connectivity index (χ3n) is 6.49. The normalized spacial score (nSPS) is 19.9. The monoisotopic (exact) mass is 530 g/mol. The van der Waals surface area contributed by atoms with Gasteiger partial charge in [-0.05, 0) is 49.9 Å². The van der Waals surface area contributed by atoms with E-state index in [4.69, 9.17) is 4.78 Å². The maximum Gasteiger partial charge on any atom is 0.418 e. The van der Waals surface area contributed by atoms with Crippen molar-refractivity contribution in [2.24, 2.45) is 0 Å².